The molecule has 1 aliphatic rings. The molecule has 0 unspecified atom stereocenters. The van der Waals surface area contributed by atoms with Gasteiger partial charge in [0.15, 0.2) is 5.96 Å². The Labute approximate surface area is 178 Å². The van der Waals surface area contributed by atoms with Gasteiger partial charge < -0.3 is 15.2 Å². The summed E-state index contributed by atoms with van der Waals surface area (Å²) < 4.78 is 32.7. The van der Waals surface area contributed by atoms with E-state index in [1.54, 1.807) is 24.3 Å². The molecule has 2 aromatic rings. The van der Waals surface area contributed by atoms with E-state index in [2.05, 4.69) is 32.4 Å². The zero-order valence-electron chi connectivity index (χ0n) is 17.9. The number of aromatic nitrogens is 1. The largest absolute Gasteiger partial charge is 0.361 e. The molecule has 0 saturated heterocycles. The first-order valence-corrected chi connectivity index (χ1v) is 12.0. The number of nitrogens with zero attached hydrogens (tertiary/aromatic N) is 2. The van der Waals surface area contributed by atoms with Crippen LogP contribution in [0, 0.1) is 0 Å². The van der Waals surface area contributed by atoms with Crippen LogP contribution in [0.4, 0.5) is 0 Å². The van der Waals surface area contributed by atoms with Crippen LogP contribution in [0.15, 0.2) is 38.7 Å². The Hall–Kier alpha value is -2.39. The smallest absolute Gasteiger partial charge is 0.240 e. The zero-order valence-corrected chi connectivity index (χ0v) is 18.7. The quantitative estimate of drug-likeness (QED) is 0.392. The van der Waals surface area contributed by atoms with Crippen LogP contribution in [0.1, 0.15) is 56.2 Å². The van der Waals surface area contributed by atoms with Gasteiger partial charge in [0.2, 0.25) is 10.0 Å². The van der Waals surface area contributed by atoms with Crippen LogP contribution >= 0.6 is 0 Å². The van der Waals surface area contributed by atoms with Gasteiger partial charge in [-0.3, -0.25) is 0 Å². The molecule has 0 atom stereocenters. The number of nitrogens with one attached hydrogen (secondary N) is 3. The van der Waals surface area contributed by atoms with Crippen molar-refractivity contribution in [2.24, 2.45) is 4.99 Å². The molecule has 1 heterocycles. The van der Waals surface area contributed by atoms with Crippen molar-refractivity contribution in [3.63, 3.8) is 0 Å². The fourth-order valence-electron chi connectivity index (χ4n) is 3.08. The average molecular weight is 434 g/mol. The van der Waals surface area contributed by atoms with Crippen LogP contribution < -0.4 is 15.4 Å². The molecule has 1 aliphatic carbocycles. The van der Waals surface area contributed by atoms with E-state index >= 15 is 0 Å². The van der Waals surface area contributed by atoms with Gasteiger partial charge in [0, 0.05) is 31.1 Å². The topological polar surface area (TPSA) is 109 Å². The highest BCUT2D eigenvalue weighted by Crippen LogP contribution is 2.22. The summed E-state index contributed by atoms with van der Waals surface area (Å²) in [6.07, 6.45) is 3.45. The molecule has 0 amide bonds. The standard InChI is InChI=1S/C21H31N5O3S/c1-4-19-18(20(5-2)29-25-19)14-24-21(22-6-3)23-13-15-7-11-17(12-8-15)30(27,28)26-16-9-10-16/h7-8,11-12,16,26H,4-6,9-10,13-14H2,1-3H3,(H2,22,23,24). The Morgan fingerprint density at radius 1 is 1.13 bits per heavy atom. The summed E-state index contributed by atoms with van der Waals surface area (Å²) in [6, 6.07) is 6.97. The molecule has 0 radical (unpaired) electrons. The van der Waals surface area contributed by atoms with E-state index in [4.69, 9.17) is 4.52 Å². The van der Waals surface area contributed by atoms with Gasteiger partial charge in [-0.05, 0) is 43.9 Å². The predicted molar refractivity (Wildman–Crippen MR) is 117 cm³/mol. The number of aliphatic imine (C=N–C) groups is 1. The Kier molecular flexibility index (Phi) is 7.49. The Morgan fingerprint density at radius 2 is 1.87 bits per heavy atom. The zero-order chi connectivity index (χ0) is 21.6. The normalized spacial score (nSPS) is 14.7. The molecule has 1 aromatic carbocycles. The number of benzene rings is 1. The SMILES string of the molecule is CCNC(=NCc1ccc(S(=O)(=O)NC2CC2)cc1)NCc1c(CC)noc1CC. The minimum Gasteiger partial charge on any atom is -0.361 e. The van der Waals surface area contributed by atoms with Gasteiger partial charge in [0.25, 0.3) is 0 Å². The van der Waals surface area contributed by atoms with E-state index in [0.717, 1.165) is 54.8 Å². The third kappa shape index (κ3) is 5.82. The van der Waals surface area contributed by atoms with Crippen molar-refractivity contribution in [3.8, 4) is 0 Å². The molecule has 164 valence electrons. The highest BCUT2D eigenvalue weighted by molar-refractivity contribution is 7.89. The van der Waals surface area contributed by atoms with Crippen LogP contribution in [-0.4, -0.2) is 32.1 Å². The molecule has 8 nitrogen and oxygen atoms in total. The lowest BCUT2D eigenvalue weighted by atomic mass is 10.1. The molecule has 0 bridgehead atoms. The molecule has 30 heavy (non-hydrogen) atoms. The van der Waals surface area contributed by atoms with E-state index in [1.807, 2.05) is 13.8 Å². The molecular weight excluding hydrogens is 402 g/mol. The molecule has 1 saturated carbocycles. The van der Waals surface area contributed by atoms with Crippen molar-refractivity contribution in [2.75, 3.05) is 6.54 Å². The van der Waals surface area contributed by atoms with Crippen molar-refractivity contribution < 1.29 is 12.9 Å². The molecule has 9 heteroatoms. The highest BCUT2D eigenvalue weighted by atomic mass is 32.2. The molecule has 0 spiro atoms. The number of sulfonamides is 1. The van der Waals surface area contributed by atoms with E-state index in [9.17, 15) is 8.42 Å². The summed E-state index contributed by atoms with van der Waals surface area (Å²) in [5.41, 5.74) is 2.99. The van der Waals surface area contributed by atoms with Crippen molar-refractivity contribution in [3.05, 3.63) is 46.8 Å². The van der Waals surface area contributed by atoms with Crippen LogP contribution in [0.2, 0.25) is 0 Å². The molecule has 1 aromatic heterocycles. The van der Waals surface area contributed by atoms with Crippen LogP contribution in [0.3, 0.4) is 0 Å². The minimum absolute atomic E-state index is 0.0971. The Balaban J connectivity index is 1.63. The van der Waals surface area contributed by atoms with E-state index < -0.39 is 10.0 Å². The number of hydrogen-bond acceptors (Lipinski definition) is 5. The van der Waals surface area contributed by atoms with Gasteiger partial charge in [-0.25, -0.2) is 18.1 Å². The molecular formula is C21H31N5O3S. The van der Waals surface area contributed by atoms with E-state index in [1.165, 1.54) is 0 Å². The summed E-state index contributed by atoms with van der Waals surface area (Å²) in [4.78, 5) is 4.91. The fourth-order valence-corrected chi connectivity index (χ4v) is 4.39. The summed E-state index contributed by atoms with van der Waals surface area (Å²) in [5, 5.41) is 10.7. The summed E-state index contributed by atoms with van der Waals surface area (Å²) >= 11 is 0. The van der Waals surface area contributed by atoms with Gasteiger partial charge in [0.1, 0.15) is 5.76 Å². The second-order valence-corrected chi connectivity index (χ2v) is 9.04. The first-order valence-electron chi connectivity index (χ1n) is 10.6. The maximum Gasteiger partial charge on any atom is 0.240 e. The maximum absolute atomic E-state index is 12.3. The first-order chi connectivity index (χ1) is 14.5. The van der Waals surface area contributed by atoms with Crippen LogP contribution in [0.5, 0.6) is 0 Å². The fraction of sp³-hybridized carbons (Fsp3) is 0.524. The molecule has 0 aliphatic heterocycles. The second-order valence-electron chi connectivity index (χ2n) is 7.33. The van der Waals surface area contributed by atoms with Crippen molar-refractivity contribution >= 4 is 16.0 Å². The first kappa shape index (κ1) is 22.3. The minimum atomic E-state index is -3.43. The lowest BCUT2D eigenvalue weighted by Crippen LogP contribution is -2.37. The van der Waals surface area contributed by atoms with Gasteiger partial charge in [-0.15, -0.1) is 0 Å². The predicted octanol–water partition coefficient (Wildman–Crippen LogP) is 2.50. The average Bonchev–Trinajstić information content (AvgIpc) is 3.45. The van der Waals surface area contributed by atoms with Gasteiger partial charge in [-0.2, -0.15) is 0 Å². The maximum atomic E-state index is 12.3. The van der Waals surface area contributed by atoms with Crippen molar-refractivity contribution in [1.29, 1.82) is 0 Å². The summed E-state index contributed by atoms with van der Waals surface area (Å²) in [5.74, 6) is 1.58. The van der Waals surface area contributed by atoms with Crippen molar-refractivity contribution in [1.82, 2.24) is 20.5 Å². The van der Waals surface area contributed by atoms with Crippen LogP contribution in [0.25, 0.3) is 0 Å². The Morgan fingerprint density at radius 3 is 2.47 bits per heavy atom. The molecule has 3 N–H and O–H groups in total. The number of hydrogen-bond donors (Lipinski definition) is 3. The number of rotatable bonds is 10. The van der Waals surface area contributed by atoms with E-state index in [-0.39, 0.29) is 6.04 Å². The Bertz CT molecular complexity index is 942. The summed E-state index contributed by atoms with van der Waals surface area (Å²) in [6.45, 7) is 7.89. The third-order valence-electron chi connectivity index (χ3n) is 4.94. The van der Waals surface area contributed by atoms with E-state index in [0.29, 0.717) is 23.9 Å². The highest BCUT2D eigenvalue weighted by Gasteiger charge is 2.27. The molecule has 3 rings (SSSR count). The number of guanidine groups is 1. The van der Waals surface area contributed by atoms with Crippen molar-refractivity contribution in [2.45, 2.75) is 70.5 Å². The monoisotopic (exact) mass is 433 g/mol. The summed E-state index contributed by atoms with van der Waals surface area (Å²) in [7, 11) is -3.43. The molecule has 1 fully saturated rings. The number of aryl methyl sites for hydroxylation is 2. The van der Waals surface area contributed by atoms with Gasteiger partial charge >= 0.3 is 0 Å². The van der Waals surface area contributed by atoms with Gasteiger partial charge in [0.05, 0.1) is 17.1 Å². The lowest BCUT2D eigenvalue weighted by molar-refractivity contribution is 0.380. The van der Waals surface area contributed by atoms with Crippen LogP contribution in [-0.2, 0) is 36.0 Å². The lowest BCUT2D eigenvalue weighted by Gasteiger charge is -2.12. The third-order valence-corrected chi connectivity index (χ3v) is 6.47. The van der Waals surface area contributed by atoms with Gasteiger partial charge in [-0.1, -0.05) is 31.1 Å². The second kappa shape index (κ2) is 10.1.